The average Bonchev–Trinajstić information content (AvgIpc) is 2.58. The van der Waals surface area contributed by atoms with E-state index < -0.39 is 0 Å². The Bertz CT molecular complexity index is 741. The third-order valence-corrected chi connectivity index (χ3v) is 5.41. The maximum Gasteiger partial charge on any atom is 0.126 e. The molecular weight excluding hydrogens is 299 g/mol. The molecule has 0 spiro atoms. The molecule has 2 N–H and O–H groups in total. The van der Waals surface area contributed by atoms with E-state index in [-0.39, 0.29) is 11.2 Å². The fourth-order valence-electron chi connectivity index (χ4n) is 3.66. The minimum Gasteiger partial charge on any atom is -0.399 e. The highest BCUT2D eigenvalue weighted by Crippen LogP contribution is 2.39. The van der Waals surface area contributed by atoms with Crippen molar-refractivity contribution in [1.82, 2.24) is 4.90 Å². The van der Waals surface area contributed by atoms with E-state index >= 15 is 0 Å². The topological polar surface area (TPSA) is 29.3 Å². The second kappa shape index (κ2) is 6.31. The minimum atomic E-state index is -0.109. The van der Waals surface area contributed by atoms with Gasteiger partial charge in [0.25, 0.3) is 0 Å². The van der Waals surface area contributed by atoms with Gasteiger partial charge in [0.15, 0.2) is 0 Å². The van der Waals surface area contributed by atoms with Crippen LogP contribution >= 0.6 is 0 Å². The van der Waals surface area contributed by atoms with Crippen molar-refractivity contribution in [2.75, 3.05) is 18.8 Å². The van der Waals surface area contributed by atoms with E-state index in [0.717, 1.165) is 54.0 Å². The highest BCUT2D eigenvalue weighted by molar-refractivity contribution is 5.63. The van der Waals surface area contributed by atoms with Crippen molar-refractivity contribution in [2.45, 2.75) is 32.1 Å². The normalized spacial score (nSPS) is 16.9. The number of nitrogens with zero attached hydrogens (tertiary/aromatic N) is 1. The van der Waals surface area contributed by atoms with Gasteiger partial charge in [-0.25, -0.2) is 4.39 Å². The number of hydrogen-bond donors (Lipinski definition) is 1. The first-order chi connectivity index (χ1) is 11.4. The van der Waals surface area contributed by atoms with Gasteiger partial charge in [0.2, 0.25) is 0 Å². The quantitative estimate of drug-likeness (QED) is 0.826. The highest BCUT2D eigenvalue weighted by atomic mass is 19.1. The Balaban J connectivity index is 1.74. The zero-order chi connectivity index (χ0) is 17.3. The zero-order valence-electron chi connectivity index (χ0n) is 14.5. The molecular formula is C21H25FN2. The van der Waals surface area contributed by atoms with Crippen LogP contribution in [-0.4, -0.2) is 18.0 Å². The lowest BCUT2D eigenvalue weighted by Crippen LogP contribution is -2.40. The molecule has 1 saturated heterocycles. The molecule has 0 unspecified atom stereocenters. The van der Waals surface area contributed by atoms with Crippen molar-refractivity contribution < 1.29 is 4.39 Å². The first-order valence-corrected chi connectivity index (χ1v) is 8.46. The van der Waals surface area contributed by atoms with Gasteiger partial charge in [-0.1, -0.05) is 37.8 Å². The summed E-state index contributed by atoms with van der Waals surface area (Å²) in [5, 5.41) is 0. The number of piperidine rings is 1. The van der Waals surface area contributed by atoms with Gasteiger partial charge < -0.3 is 10.6 Å². The highest BCUT2D eigenvalue weighted by Gasteiger charge is 2.33. The number of halogens is 1. The summed E-state index contributed by atoms with van der Waals surface area (Å²) in [4.78, 5) is 2.32. The predicted molar refractivity (Wildman–Crippen MR) is 99.2 cm³/mol. The van der Waals surface area contributed by atoms with Crippen LogP contribution in [0, 0.1) is 12.7 Å². The van der Waals surface area contributed by atoms with Crippen molar-refractivity contribution in [3.8, 4) is 0 Å². The standard InChI is InChI=1S/C21H25FN2/c1-15-19(5-4-6-20(15)22)21(3)11-13-24(14-12-21)16(2)17-7-9-18(23)10-8-17/h4-10H,2,11-14,23H2,1,3H3. The van der Waals surface area contributed by atoms with Crippen molar-refractivity contribution >= 4 is 11.4 Å². The van der Waals surface area contributed by atoms with Crippen molar-refractivity contribution in [2.24, 2.45) is 0 Å². The van der Waals surface area contributed by atoms with Gasteiger partial charge in [-0.3, -0.25) is 0 Å². The molecule has 2 aromatic carbocycles. The second-order valence-electron chi connectivity index (χ2n) is 7.03. The third kappa shape index (κ3) is 3.03. The van der Waals surface area contributed by atoms with Crippen LogP contribution in [0.5, 0.6) is 0 Å². The smallest absolute Gasteiger partial charge is 0.126 e. The van der Waals surface area contributed by atoms with E-state index in [1.54, 1.807) is 6.07 Å². The number of hydrogen-bond acceptors (Lipinski definition) is 2. The summed E-state index contributed by atoms with van der Waals surface area (Å²) >= 11 is 0. The Kier molecular flexibility index (Phi) is 4.35. The second-order valence-corrected chi connectivity index (χ2v) is 7.03. The molecule has 0 amide bonds. The van der Waals surface area contributed by atoms with Crippen LogP contribution < -0.4 is 5.73 Å². The van der Waals surface area contributed by atoms with Gasteiger partial charge in [-0.15, -0.1) is 0 Å². The molecule has 0 aromatic heterocycles. The summed E-state index contributed by atoms with van der Waals surface area (Å²) < 4.78 is 13.9. The molecule has 1 heterocycles. The van der Waals surface area contributed by atoms with Crippen LogP contribution in [0.2, 0.25) is 0 Å². The number of benzene rings is 2. The van der Waals surface area contributed by atoms with Crippen LogP contribution in [0.3, 0.4) is 0 Å². The molecule has 3 rings (SSSR count). The zero-order valence-corrected chi connectivity index (χ0v) is 14.5. The molecule has 2 aromatic rings. The first kappa shape index (κ1) is 16.6. The minimum absolute atomic E-state index is 0.0179. The van der Waals surface area contributed by atoms with Crippen LogP contribution in [0.4, 0.5) is 10.1 Å². The van der Waals surface area contributed by atoms with E-state index in [9.17, 15) is 4.39 Å². The molecule has 0 aliphatic carbocycles. The number of nitrogens with two attached hydrogens (primary N) is 1. The molecule has 0 atom stereocenters. The van der Waals surface area contributed by atoms with Crippen LogP contribution in [0.15, 0.2) is 49.0 Å². The molecule has 1 fully saturated rings. The van der Waals surface area contributed by atoms with E-state index in [1.165, 1.54) is 0 Å². The molecule has 0 radical (unpaired) electrons. The van der Waals surface area contributed by atoms with E-state index in [2.05, 4.69) is 24.5 Å². The Hall–Kier alpha value is -2.29. The summed E-state index contributed by atoms with van der Waals surface area (Å²) in [6.45, 7) is 10.2. The number of anilines is 1. The van der Waals surface area contributed by atoms with Crippen LogP contribution in [0.1, 0.15) is 36.5 Å². The van der Waals surface area contributed by atoms with Gasteiger partial charge in [0.05, 0.1) is 0 Å². The van der Waals surface area contributed by atoms with E-state index in [1.807, 2.05) is 37.3 Å². The monoisotopic (exact) mass is 324 g/mol. The molecule has 3 heteroatoms. The number of nitrogen functional groups attached to an aromatic ring is 1. The third-order valence-electron chi connectivity index (χ3n) is 5.41. The summed E-state index contributed by atoms with van der Waals surface area (Å²) in [5.74, 6) is -0.109. The molecule has 2 nitrogen and oxygen atoms in total. The molecule has 1 aliphatic heterocycles. The largest absolute Gasteiger partial charge is 0.399 e. The van der Waals surface area contributed by atoms with Gasteiger partial charge >= 0.3 is 0 Å². The molecule has 0 bridgehead atoms. The molecule has 0 saturated carbocycles. The lowest BCUT2D eigenvalue weighted by atomic mass is 9.73. The number of rotatable bonds is 3. The fraction of sp³-hybridized carbons (Fsp3) is 0.333. The Morgan fingerprint density at radius 1 is 1.12 bits per heavy atom. The first-order valence-electron chi connectivity index (χ1n) is 8.46. The lowest BCUT2D eigenvalue weighted by Gasteiger charge is -2.42. The predicted octanol–water partition coefficient (Wildman–Crippen LogP) is 4.74. The fourth-order valence-corrected chi connectivity index (χ4v) is 3.66. The summed E-state index contributed by atoms with van der Waals surface area (Å²) in [6, 6.07) is 13.3. The Morgan fingerprint density at radius 3 is 2.38 bits per heavy atom. The van der Waals surface area contributed by atoms with Crippen LogP contribution in [0.25, 0.3) is 5.70 Å². The van der Waals surface area contributed by atoms with Crippen molar-refractivity contribution in [1.29, 1.82) is 0 Å². The van der Waals surface area contributed by atoms with Crippen molar-refractivity contribution in [3.63, 3.8) is 0 Å². The van der Waals surface area contributed by atoms with Gasteiger partial charge in [0.1, 0.15) is 5.82 Å². The van der Waals surface area contributed by atoms with Crippen molar-refractivity contribution in [3.05, 3.63) is 71.6 Å². The van der Waals surface area contributed by atoms with E-state index in [4.69, 9.17) is 5.73 Å². The van der Waals surface area contributed by atoms with Gasteiger partial charge in [-0.2, -0.15) is 0 Å². The van der Waals surface area contributed by atoms with E-state index in [0.29, 0.717) is 0 Å². The molecule has 24 heavy (non-hydrogen) atoms. The Morgan fingerprint density at radius 2 is 1.75 bits per heavy atom. The molecule has 126 valence electrons. The van der Waals surface area contributed by atoms with Gasteiger partial charge in [0, 0.05) is 24.5 Å². The maximum absolute atomic E-state index is 13.9. The lowest BCUT2D eigenvalue weighted by molar-refractivity contribution is 0.230. The number of likely N-dealkylation sites (tertiary alicyclic amines) is 1. The average molecular weight is 324 g/mol. The van der Waals surface area contributed by atoms with Gasteiger partial charge in [-0.05, 0) is 60.1 Å². The maximum atomic E-state index is 13.9. The summed E-state index contributed by atoms with van der Waals surface area (Å²) in [5.41, 5.74) is 10.6. The Labute approximate surface area is 143 Å². The summed E-state index contributed by atoms with van der Waals surface area (Å²) in [7, 11) is 0. The van der Waals surface area contributed by atoms with Crippen LogP contribution in [-0.2, 0) is 5.41 Å². The SMILES string of the molecule is C=C(c1ccc(N)cc1)N1CCC(C)(c2cccc(F)c2C)CC1. The molecule has 1 aliphatic rings. The summed E-state index contributed by atoms with van der Waals surface area (Å²) in [6.07, 6.45) is 1.98.